The van der Waals surface area contributed by atoms with E-state index in [2.05, 4.69) is 15.1 Å². The number of benzene rings is 3. The third kappa shape index (κ3) is 5.54. The summed E-state index contributed by atoms with van der Waals surface area (Å²) in [6, 6.07) is 23.6. The Morgan fingerprint density at radius 3 is 2.74 bits per heavy atom. The average molecular weight is 449 g/mol. The molecule has 156 valence electrons. The lowest BCUT2D eigenvalue weighted by Crippen LogP contribution is -2.20. The molecule has 0 fully saturated rings. The van der Waals surface area contributed by atoms with Gasteiger partial charge in [-0.25, -0.2) is 10.4 Å². The number of hydrogen-bond acceptors (Lipinski definition) is 4. The van der Waals surface area contributed by atoms with E-state index in [-0.39, 0.29) is 11.7 Å². The lowest BCUT2D eigenvalue weighted by Gasteiger charge is -2.09. The predicted molar refractivity (Wildman–Crippen MR) is 128 cm³/mol. The molecule has 31 heavy (non-hydrogen) atoms. The topological polar surface area (TPSA) is 59.3 Å². The molecule has 0 saturated carbocycles. The molecule has 0 radical (unpaired) electrons. The zero-order chi connectivity index (χ0) is 21.6. The van der Waals surface area contributed by atoms with Gasteiger partial charge in [0.15, 0.2) is 5.16 Å². The summed E-state index contributed by atoms with van der Waals surface area (Å²) in [4.78, 5) is 17.0. The number of thioether (sulfide) groups is 1. The molecular formula is C24H21ClN4OS. The molecular weight excluding hydrogens is 428 g/mol. The molecule has 1 aromatic heterocycles. The molecule has 1 heterocycles. The van der Waals surface area contributed by atoms with Gasteiger partial charge in [0.1, 0.15) is 0 Å². The zero-order valence-corrected chi connectivity index (χ0v) is 18.5. The SMILES string of the molecule is Cc1cccc(/C=N\NC(=O)CSc2nc3ccccc3n2Cc2ccc(Cl)cc2)c1. The van der Waals surface area contributed by atoms with Gasteiger partial charge in [0, 0.05) is 5.02 Å². The van der Waals surface area contributed by atoms with E-state index in [1.807, 2.05) is 79.7 Å². The number of rotatable bonds is 7. The highest BCUT2D eigenvalue weighted by molar-refractivity contribution is 7.99. The van der Waals surface area contributed by atoms with Gasteiger partial charge in [-0.15, -0.1) is 0 Å². The molecule has 0 saturated heterocycles. The number of imidazole rings is 1. The molecule has 0 aliphatic heterocycles. The van der Waals surface area contributed by atoms with Crippen molar-refractivity contribution in [1.82, 2.24) is 15.0 Å². The quantitative estimate of drug-likeness (QED) is 0.237. The maximum absolute atomic E-state index is 12.3. The van der Waals surface area contributed by atoms with Crippen molar-refractivity contribution in [3.8, 4) is 0 Å². The summed E-state index contributed by atoms with van der Waals surface area (Å²) in [6.07, 6.45) is 1.64. The summed E-state index contributed by atoms with van der Waals surface area (Å²) in [5.74, 6) is 0.0359. The maximum Gasteiger partial charge on any atom is 0.250 e. The van der Waals surface area contributed by atoms with Crippen molar-refractivity contribution in [1.29, 1.82) is 0 Å². The third-order valence-corrected chi connectivity index (χ3v) is 5.88. The number of aryl methyl sites for hydroxylation is 1. The standard InChI is InChI=1S/C24H21ClN4OS/c1-17-5-4-6-19(13-17)14-26-28-23(30)16-31-24-27-21-7-2-3-8-22(21)29(24)15-18-9-11-20(25)12-10-18/h2-14H,15-16H2,1H3,(H,28,30)/b26-14-. The minimum absolute atomic E-state index is 0.181. The molecule has 0 atom stereocenters. The molecule has 0 aliphatic carbocycles. The minimum atomic E-state index is -0.181. The number of nitrogens with one attached hydrogen (secondary N) is 1. The lowest BCUT2D eigenvalue weighted by atomic mass is 10.2. The smallest absolute Gasteiger partial charge is 0.250 e. The van der Waals surface area contributed by atoms with Crippen molar-refractivity contribution < 1.29 is 4.79 Å². The van der Waals surface area contributed by atoms with E-state index in [1.165, 1.54) is 11.8 Å². The Labute approximate surface area is 190 Å². The fourth-order valence-electron chi connectivity index (χ4n) is 3.18. The van der Waals surface area contributed by atoms with E-state index >= 15 is 0 Å². The Morgan fingerprint density at radius 1 is 1.13 bits per heavy atom. The number of fused-ring (bicyclic) bond motifs is 1. The van der Waals surface area contributed by atoms with Crippen LogP contribution in [0.25, 0.3) is 11.0 Å². The molecule has 1 N–H and O–H groups in total. The monoisotopic (exact) mass is 448 g/mol. The Balaban J connectivity index is 1.45. The number of para-hydroxylation sites is 2. The van der Waals surface area contributed by atoms with E-state index in [0.29, 0.717) is 11.6 Å². The molecule has 0 bridgehead atoms. The van der Waals surface area contributed by atoms with Crippen LogP contribution in [0.1, 0.15) is 16.7 Å². The molecule has 5 nitrogen and oxygen atoms in total. The zero-order valence-electron chi connectivity index (χ0n) is 17.0. The summed E-state index contributed by atoms with van der Waals surface area (Å²) in [5, 5.41) is 5.55. The Bertz CT molecular complexity index is 1230. The Morgan fingerprint density at radius 2 is 1.94 bits per heavy atom. The Hall–Kier alpha value is -3.09. The van der Waals surface area contributed by atoms with Gasteiger partial charge in [0.2, 0.25) is 0 Å². The molecule has 7 heteroatoms. The number of carbonyl (C=O) groups is 1. The second-order valence-electron chi connectivity index (χ2n) is 7.09. The van der Waals surface area contributed by atoms with Gasteiger partial charge in [-0.3, -0.25) is 4.79 Å². The van der Waals surface area contributed by atoms with Crippen LogP contribution in [0, 0.1) is 6.92 Å². The first-order valence-electron chi connectivity index (χ1n) is 9.79. The van der Waals surface area contributed by atoms with Gasteiger partial charge in [-0.2, -0.15) is 5.10 Å². The van der Waals surface area contributed by atoms with Crippen LogP contribution in [0.2, 0.25) is 5.02 Å². The number of aromatic nitrogens is 2. The van der Waals surface area contributed by atoms with Crippen LogP contribution in [-0.4, -0.2) is 27.4 Å². The van der Waals surface area contributed by atoms with E-state index in [0.717, 1.165) is 32.9 Å². The van der Waals surface area contributed by atoms with Crippen LogP contribution >= 0.6 is 23.4 Å². The van der Waals surface area contributed by atoms with Crippen LogP contribution in [0.5, 0.6) is 0 Å². The molecule has 3 aromatic carbocycles. The maximum atomic E-state index is 12.3. The van der Waals surface area contributed by atoms with E-state index in [4.69, 9.17) is 16.6 Å². The summed E-state index contributed by atoms with van der Waals surface area (Å²) >= 11 is 7.41. The molecule has 4 aromatic rings. The first-order chi connectivity index (χ1) is 15.1. The first-order valence-corrected chi connectivity index (χ1v) is 11.2. The highest BCUT2D eigenvalue weighted by Crippen LogP contribution is 2.25. The number of hydrogen-bond donors (Lipinski definition) is 1. The summed E-state index contributed by atoms with van der Waals surface area (Å²) in [7, 11) is 0. The van der Waals surface area contributed by atoms with E-state index in [9.17, 15) is 4.79 Å². The van der Waals surface area contributed by atoms with Crippen molar-refractivity contribution in [2.45, 2.75) is 18.6 Å². The van der Waals surface area contributed by atoms with Gasteiger partial charge in [0.05, 0.1) is 29.5 Å². The van der Waals surface area contributed by atoms with E-state index < -0.39 is 0 Å². The Kier molecular flexibility index (Phi) is 6.70. The fraction of sp³-hybridized carbons (Fsp3) is 0.125. The van der Waals surface area contributed by atoms with Gasteiger partial charge in [0.25, 0.3) is 5.91 Å². The number of carbonyl (C=O) groups excluding carboxylic acids is 1. The van der Waals surface area contributed by atoms with Crippen LogP contribution in [0.3, 0.4) is 0 Å². The molecule has 1 amide bonds. The number of amides is 1. The summed E-state index contributed by atoms with van der Waals surface area (Å²) < 4.78 is 2.12. The number of hydrazone groups is 1. The molecule has 0 unspecified atom stereocenters. The second-order valence-corrected chi connectivity index (χ2v) is 8.47. The van der Waals surface area contributed by atoms with Crippen molar-refractivity contribution in [3.63, 3.8) is 0 Å². The third-order valence-electron chi connectivity index (χ3n) is 4.65. The van der Waals surface area contributed by atoms with E-state index in [1.54, 1.807) is 6.21 Å². The van der Waals surface area contributed by atoms with Crippen molar-refractivity contribution >= 4 is 46.5 Å². The van der Waals surface area contributed by atoms with Gasteiger partial charge < -0.3 is 4.57 Å². The first kappa shape index (κ1) is 21.2. The van der Waals surface area contributed by atoms with Crippen LogP contribution in [-0.2, 0) is 11.3 Å². The fourth-order valence-corrected chi connectivity index (χ4v) is 4.11. The highest BCUT2D eigenvalue weighted by Gasteiger charge is 2.13. The van der Waals surface area contributed by atoms with Crippen molar-refractivity contribution in [3.05, 3.63) is 94.5 Å². The normalized spacial score (nSPS) is 11.3. The summed E-state index contributed by atoms with van der Waals surface area (Å²) in [6.45, 7) is 2.66. The number of halogens is 1. The lowest BCUT2D eigenvalue weighted by molar-refractivity contribution is -0.118. The molecule has 0 spiro atoms. The number of nitrogens with zero attached hydrogens (tertiary/aromatic N) is 3. The predicted octanol–water partition coefficient (Wildman–Crippen LogP) is 5.29. The van der Waals surface area contributed by atoms with Crippen molar-refractivity contribution in [2.75, 3.05) is 5.75 Å². The van der Waals surface area contributed by atoms with Gasteiger partial charge >= 0.3 is 0 Å². The summed E-state index contributed by atoms with van der Waals surface area (Å²) in [5.41, 5.74) is 7.71. The van der Waals surface area contributed by atoms with Crippen molar-refractivity contribution in [2.24, 2.45) is 5.10 Å². The highest BCUT2D eigenvalue weighted by atomic mass is 35.5. The molecule has 4 rings (SSSR count). The van der Waals surface area contributed by atoms with Gasteiger partial charge in [-0.05, 0) is 42.3 Å². The second kappa shape index (κ2) is 9.81. The average Bonchev–Trinajstić information content (AvgIpc) is 3.11. The molecule has 0 aliphatic rings. The van der Waals surface area contributed by atoms with Gasteiger partial charge in [-0.1, -0.05) is 77.5 Å². The van der Waals surface area contributed by atoms with Crippen LogP contribution < -0.4 is 5.43 Å². The van der Waals surface area contributed by atoms with Crippen LogP contribution in [0.15, 0.2) is 83.1 Å². The van der Waals surface area contributed by atoms with Crippen LogP contribution in [0.4, 0.5) is 0 Å². The minimum Gasteiger partial charge on any atom is -0.314 e. The largest absolute Gasteiger partial charge is 0.314 e.